The molecule has 0 spiro atoms. The minimum Gasteiger partial charge on any atom is -0.271 e. The third-order valence-corrected chi connectivity index (χ3v) is 5.50. The predicted molar refractivity (Wildman–Crippen MR) is 72.0 cm³/mol. The highest BCUT2D eigenvalue weighted by molar-refractivity contribution is 7.89. The highest BCUT2D eigenvalue weighted by Gasteiger charge is 2.33. The molecule has 0 saturated heterocycles. The largest absolute Gasteiger partial charge is 0.271 e. The fourth-order valence-electron chi connectivity index (χ4n) is 2.38. The van der Waals surface area contributed by atoms with E-state index in [4.69, 9.17) is 0 Å². The SMILES string of the molecule is Cc1nn(C)c(C)c1S(=O)(=O)N(C(C)C)C(C)C. The summed E-state index contributed by atoms with van der Waals surface area (Å²) in [5.41, 5.74) is 1.24. The van der Waals surface area contributed by atoms with Crippen molar-refractivity contribution < 1.29 is 8.42 Å². The van der Waals surface area contributed by atoms with Crippen LogP contribution in [0.5, 0.6) is 0 Å². The zero-order valence-corrected chi connectivity index (χ0v) is 13.0. The molecule has 1 aromatic rings. The van der Waals surface area contributed by atoms with Crippen molar-refractivity contribution in [1.29, 1.82) is 0 Å². The topological polar surface area (TPSA) is 55.2 Å². The number of nitrogens with zero attached hydrogens (tertiary/aromatic N) is 3. The van der Waals surface area contributed by atoms with Gasteiger partial charge in [0.05, 0.1) is 11.4 Å². The van der Waals surface area contributed by atoms with Gasteiger partial charge in [-0.3, -0.25) is 4.68 Å². The fourth-order valence-corrected chi connectivity index (χ4v) is 4.62. The molecule has 0 aliphatic rings. The van der Waals surface area contributed by atoms with E-state index >= 15 is 0 Å². The van der Waals surface area contributed by atoms with Crippen LogP contribution in [0.15, 0.2) is 4.90 Å². The zero-order chi connectivity index (χ0) is 14.2. The van der Waals surface area contributed by atoms with Gasteiger partial charge in [-0.15, -0.1) is 0 Å². The monoisotopic (exact) mass is 273 g/mol. The van der Waals surface area contributed by atoms with E-state index in [2.05, 4.69) is 5.10 Å². The molecule has 0 fully saturated rings. The van der Waals surface area contributed by atoms with Crippen molar-refractivity contribution in [3.63, 3.8) is 0 Å². The van der Waals surface area contributed by atoms with Crippen LogP contribution >= 0.6 is 0 Å². The van der Waals surface area contributed by atoms with Gasteiger partial charge in [0.25, 0.3) is 0 Å². The normalized spacial score (nSPS) is 13.0. The molecule has 0 N–H and O–H groups in total. The molecular formula is C12H23N3O2S. The van der Waals surface area contributed by atoms with E-state index in [-0.39, 0.29) is 12.1 Å². The van der Waals surface area contributed by atoms with Crippen molar-refractivity contribution in [3.05, 3.63) is 11.4 Å². The van der Waals surface area contributed by atoms with Crippen molar-refractivity contribution in [1.82, 2.24) is 14.1 Å². The summed E-state index contributed by atoms with van der Waals surface area (Å²) in [4.78, 5) is 0.340. The predicted octanol–water partition coefficient (Wildman–Crippen LogP) is 1.84. The Balaban J connectivity index is 3.45. The van der Waals surface area contributed by atoms with Crippen molar-refractivity contribution in [2.24, 2.45) is 7.05 Å². The van der Waals surface area contributed by atoms with E-state index in [1.807, 2.05) is 27.7 Å². The van der Waals surface area contributed by atoms with E-state index in [9.17, 15) is 8.42 Å². The summed E-state index contributed by atoms with van der Waals surface area (Å²) in [5.74, 6) is 0. The highest BCUT2D eigenvalue weighted by Crippen LogP contribution is 2.26. The van der Waals surface area contributed by atoms with Crippen LogP contribution in [0.2, 0.25) is 0 Å². The molecule has 18 heavy (non-hydrogen) atoms. The van der Waals surface area contributed by atoms with Gasteiger partial charge in [0.15, 0.2) is 0 Å². The molecule has 104 valence electrons. The Morgan fingerprint density at radius 1 is 1.11 bits per heavy atom. The molecule has 0 aliphatic carbocycles. The molecule has 0 amide bonds. The Hall–Kier alpha value is -0.880. The quantitative estimate of drug-likeness (QED) is 0.841. The molecule has 0 unspecified atom stereocenters. The smallest absolute Gasteiger partial charge is 0.247 e. The molecule has 0 bridgehead atoms. The average Bonchev–Trinajstić information content (AvgIpc) is 2.38. The number of hydrogen-bond acceptors (Lipinski definition) is 3. The summed E-state index contributed by atoms with van der Waals surface area (Å²) in [5, 5.41) is 4.19. The maximum absolute atomic E-state index is 12.7. The summed E-state index contributed by atoms with van der Waals surface area (Å²) < 4.78 is 28.6. The van der Waals surface area contributed by atoms with E-state index in [1.54, 1.807) is 25.6 Å². The van der Waals surface area contributed by atoms with Crippen molar-refractivity contribution in [2.75, 3.05) is 0 Å². The fraction of sp³-hybridized carbons (Fsp3) is 0.750. The Labute approximate surface area is 110 Å². The summed E-state index contributed by atoms with van der Waals surface area (Å²) >= 11 is 0. The molecule has 0 saturated carbocycles. The summed E-state index contributed by atoms with van der Waals surface area (Å²) in [6.45, 7) is 11.1. The van der Waals surface area contributed by atoms with Crippen LogP contribution in [-0.2, 0) is 17.1 Å². The number of aryl methyl sites for hydroxylation is 2. The summed E-state index contributed by atoms with van der Waals surface area (Å²) in [6, 6.07) is -0.150. The lowest BCUT2D eigenvalue weighted by atomic mass is 10.3. The Morgan fingerprint density at radius 2 is 1.56 bits per heavy atom. The lowest BCUT2D eigenvalue weighted by molar-refractivity contribution is 0.302. The third kappa shape index (κ3) is 2.44. The van der Waals surface area contributed by atoms with Gasteiger partial charge in [0.2, 0.25) is 10.0 Å². The van der Waals surface area contributed by atoms with Gasteiger partial charge in [0.1, 0.15) is 4.90 Å². The van der Waals surface area contributed by atoms with Gasteiger partial charge in [0, 0.05) is 19.1 Å². The van der Waals surface area contributed by atoms with Crippen molar-refractivity contribution >= 4 is 10.0 Å². The van der Waals surface area contributed by atoms with E-state index in [1.165, 1.54) is 4.31 Å². The molecule has 6 heteroatoms. The van der Waals surface area contributed by atoms with Crippen LogP contribution in [0.25, 0.3) is 0 Å². The van der Waals surface area contributed by atoms with E-state index in [0.29, 0.717) is 16.3 Å². The van der Waals surface area contributed by atoms with Gasteiger partial charge in [-0.1, -0.05) is 0 Å². The molecule has 5 nitrogen and oxygen atoms in total. The van der Waals surface area contributed by atoms with Gasteiger partial charge in [-0.05, 0) is 41.5 Å². The van der Waals surface area contributed by atoms with E-state index < -0.39 is 10.0 Å². The maximum atomic E-state index is 12.7. The number of sulfonamides is 1. The minimum absolute atomic E-state index is 0.0750. The first kappa shape index (κ1) is 15.2. The van der Waals surface area contributed by atoms with Gasteiger partial charge in [-0.25, -0.2) is 8.42 Å². The zero-order valence-electron chi connectivity index (χ0n) is 12.2. The van der Waals surface area contributed by atoms with Crippen LogP contribution in [0.4, 0.5) is 0 Å². The maximum Gasteiger partial charge on any atom is 0.247 e. The molecular weight excluding hydrogens is 250 g/mol. The lowest BCUT2D eigenvalue weighted by Crippen LogP contribution is -2.42. The lowest BCUT2D eigenvalue weighted by Gasteiger charge is -2.29. The highest BCUT2D eigenvalue weighted by atomic mass is 32.2. The summed E-state index contributed by atoms with van der Waals surface area (Å²) in [7, 11) is -1.73. The molecule has 0 radical (unpaired) electrons. The first-order chi connectivity index (χ1) is 8.10. The Morgan fingerprint density at radius 3 is 1.83 bits per heavy atom. The average molecular weight is 273 g/mol. The van der Waals surface area contributed by atoms with Crippen LogP contribution in [0.1, 0.15) is 39.1 Å². The number of hydrogen-bond donors (Lipinski definition) is 0. The van der Waals surface area contributed by atoms with Gasteiger partial charge >= 0.3 is 0 Å². The number of rotatable bonds is 4. The third-order valence-electron chi connectivity index (χ3n) is 3.00. The molecule has 1 aromatic heterocycles. The van der Waals surface area contributed by atoms with Crippen LogP contribution in [-0.4, -0.2) is 34.6 Å². The molecule has 0 aromatic carbocycles. The summed E-state index contributed by atoms with van der Waals surface area (Å²) in [6.07, 6.45) is 0. The van der Waals surface area contributed by atoms with Gasteiger partial charge in [-0.2, -0.15) is 9.40 Å². The van der Waals surface area contributed by atoms with Crippen LogP contribution in [0, 0.1) is 13.8 Å². The van der Waals surface area contributed by atoms with Crippen LogP contribution < -0.4 is 0 Å². The van der Waals surface area contributed by atoms with Gasteiger partial charge < -0.3 is 0 Å². The molecule has 0 atom stereocenters. The molecule has 1 heterocycles. The van der Waals surface area contributed by atoms with Crippen molar-refractivity contribution in [2.45, 2.75) is 58.5 Å². The first-order valence-electron chi connectivity index (χ1n) is 6.14. The second-order valence-electron chi connectivity index (χ2n) is 5.15. The van der Waals surface area contributed by atoms with Crippen LogP contribution in [0.3, 0.4) is 0 Å². The van der Waals surface area contributed by atoms with Crippen molar-refractivity contribution in [3.8, 4) is 0 Å². The van der Waals surface area contributed by atoms with E-state index in [0.717, 1.165) is 0 Å². The molecule has 1 rings (SSSR count). The first-order valence-corrected chi connectivity index (χ1v) is 7.58. The minimum atomic E-state index is -3.49. The second-order valence-corrected chi connectivity index (χ2v) is 6.93. The molecule has 0 aliphatic heterocycles. The second kappa shape index (κ2) is 5.01. The number of aromatic nitrogens is 2. The standard InChI is InChI=1S/C12H23N3O2S/c1-8(2)15(9(3)4)18(16,17)12-10(5)13-14(7)11(12)6/h8-9H,1-7H3. The Kier molecular flexibility index (Phi) is 4.23. The Bertz CT molecular complexity index is 522.